The first-order valence-corrected chi connectivity index (χ1v) is 8.93. The number of ether oxygens (including phenoxy) is 2. The maximum atomic E-state index is 13.0. The Bertz CT molecular complexity index is 566. The molecule has 132 valence electrons. The van der Waals surface area contributed by atoms with Gasteiger partial charge in [0.2, 0.25) is 5.91 Å². The quantitative estimate of drug-likeness (QED) is 0.842. The first kappa shape index (κ1) is 17.2. The topological polar surface area (TPSA) is 59.0 Å². The van der Waals surface area contributed by atoms with Crippen LogP contribution in [0.3, 0.4) is 0 Å². The summed E-state index contributed by atoms with van der Waals surface area (Å²) in [5, 5.41) is 10.2. The van der Waals surface area contributed by atoms with Gasteiger partial charge < -0.3 is 19.5 Å². The van der Waals surface area contributed by atoms with Crippen molar-refractivity contribution in [2.75, 3.05) is 31.8 Å². The Morgan fingerprint density at radius 1 is 1.25 bits per heavy atom. The first-order chi connectivity index (χ1) is 11.7. The Morgan fingerprint density at radius 3 is 2.79 bits per heavy atom. The smallest absolute Gasteiger partial charge is 0.230 e. The molecule has 0 aromatic heterocycles. The largest absolute Gasteiger partial charge is 0.506 e. The third-order valence-corrected chi connectivity index (χ3v) is 5.13. The molecule has 0 unspecified atom stereocenters. The number of aryl methyl sites for hydroxylation is 1. The molecule has 1 aromatic carbocycles. The van der Waals surface area contributed by atoms with E-state index in [4.69, 9.17) is 9.47 Å². The number of hydrogen-bond donors (Lipinski definition) is 1. The van der Waals surface area contributed by atoms with Crippen LogP contribution in [-0.4, -0.2) is 44.0 Å². The van der Waals surface area contributed by atoms with Crippen molar-refractivity contribution in [2.45, 2.75) is 44.6 Å². The Kier molecular flexibility index (Phi) is 5.74. The molecule has 0 bridgehead atoms. The zero-order valence-corrected chi connectivity index (χ0v) is 14.4. The molecule has 1 aromatic rings. The van der Waals surface area contributed by atoms with E-state index in [0.717, 1.165) is 49.8 Å². The highest BCUT2D eigenvalue weighted by atomic mass is 16.5. The van der Waals surface area contributed by atoms with Crippen LogP contribution in [0.2, 0.25) is 0 Å². The third-order valence-electron chi connectivity index (χ3n) is 5.13. The molecule has 5 nitrogen and oxygen atoms in total. The van der Waals surface area contributed by atoms with E-state index in [0.29, 0.717) is 19.8 Å². The minimum Gasteiger partial charge on any atom is -0.506 e. The Hall–Kier alpha value is -1.59. The number of methoxy groups -OCH3 is 1. The van der Waals surface area contributed by atoms with E-state index in [1.54, 1.807) is 13.2 Å². The Balaban J connectivity index is 1.61. The van der Waals surface area contributed by atoms with Crippen molar-refractivity contribution >= 4 is 11.6 Å². The van der Waals surface area contributed by atoms with Crippen LogP contribution in [0.25, 0.3) is 0 Å². The van der Waals surface area contributed by atoms with Gasteiger partial charge in [0, 0.05) is 19.6 Å². The number of hydrogen-bond acceptors (Lipinski definition) is 4. The molecule has 24 heavy (non-hydrogen) atoms. The lowest BCUT2D eigenvalue weighted by molar-refractivity contribution is -0.124. The SMILES string of the molecule is COCCOC1CCC(C(=O)N2CCCc3cccc(O)c32)CC1. The highest BCUT2D eigenvalue weighted by Gasteiger charge is 2.33. The molecule has 1 N–H and O–H groups in total. The van der Waals surface area contributed by atoms with Gasteiger partial charge in [0.15, 0.2) is 0 Å². The van der Waals surface area contributed by atoms with Crippen molar-refractivity contribution in [2.24, 2.45) is 5.92 Å². The van der Waals surface area contributed by atoms with Crippen molar-refractivity contribution in [1.29, 1.82) is 0 Å². The number of nitrogens with zero attached hydrogens (tertiary/aromatic N) is 1. The maximum absolute atomic E-state index is 13.0. The summed E-state index contributed by atoms with van der Waals surface area (Å²) < 4.78 is 10.8. The summed E-state index contributed by atoms with van der Waals surface area (Å²) in [7, 11) is 1.67. The van der Waals surface area contributed by atoms with E-state index in [1.165, 1.54) is 0 Å². The normalized spacial score (nSPS) is 23.8. The van der Waals surface area contributed by atoms with Gasteiger partial charge >= 0.3 is 0 Å². The number of carbonyl (C=O) groups is 1. The van der Waals surface area contributed by atoms with Crippen molar-refractivity contribution in [1.82, 2.24) is 0 Å². The molecule has 2 aliphatic rings. The molecular weight excluding hydrogens is 306 g/mol. The van der Waals surface area contributed by atoms with Gasteiger partial charge in [-0.3, -0.25) is 4.79 Å². The fourth-order valence-electron chi connectivity index (χ4n) is 3.85. The van der Waals surface area contributed by atoms with Crippen LogP contribution in [0.5, 0.6) is 5.75 Å². The number of benzene rings is 1. The highest BCUT2D eigenvalue weighted by molar-refractivity contribution is 5.97. The molecule has 0 saturated heterocycles. The third kappa shape index (κ3) is 3.73. The van der Waals surface area contributed by atoms with E-state index in [-0.39, 0.29) is 23.7 Å². The highest BCUT2D eigenvalue weighted by Crippen LogP contribution is 2.38. The van der Waals surface area contributed by atoms with Crippen LogP contribution in [0.4, 0.5) is 5.69 Å². The summed E-state index contributed by atoms with van der Waals surface area (Å²) in [6, 6.07) is 5.53. The average Bonchev–Trinajstić information content (AvgIpc) is 2.62. The molecule has 1 aliphatic carbocycles. The maximum Gasteiger partial charge on any atom is 0.230 e. The molecule has 0 radical (unpaired) electrons. The van der Waals surface area contributed by atoms with E-state index >= 15 is 0 Å². The number of anilines is 1. The molecule has 0 spiro atoms. The molecule has 1 heterocycles. The number of phenolic OH excluding ortho intramolecular Hbond substituents is 1. The van der Waals surface area contributed by atoms with Crippen molar-refractivity contribution in [3.63, 3.8) is 0 Å². The van der Waals surface area contributed by atoms with Crippen LogP contribution >= 0.6 is 0 Å². The molecule has 1 saturated carbocycles. The predicted molar refractivity (Wildman–Crippen MR) is 92.4 cm³/mol. The summed E-state index contributed by atoms with van der Waals surface area (Å²) >= 11 is 0. The zero-order valence-electron chi connectivity index (χ0n) is 14.4. The summed E-state index contributed by atoms with van der Waals surface area (Å²) in [6.45, 7) is 1.93. The molecule has 0 atom stereocenters. The number of aromatic hydroxyl groups is 1. The molecule has 1 aliphatic heterocycles. The second-order valence-corrected chi connectivity index (χ2v) is 6.72. The Morgan fingerprint density at radius 2 is 2.04 bits per heavy atom. The van der Waals surface area contributed by atoms with Gasteiger partial charge in [0.1, 0.15) is 5.75 Å². The van der Waals surface area contributed by atoms with Crippen LogP contribution < -0.4 is 4.90 Å². The lowest BCUT2D eigenvalue weighted by atomic mass is 9.85. The number of para-hydroxylation sites is 1. The number of carbonyl (C=O) groups excluding carboxylic acids is 1. The van der Waals surface area contributed by atoms with Crippen LogP contribution in [-0.2, 0) is 20.7 Å². The van der Waals surface area contributed by atoms with Crippen molar-refractivity contribution in [3.05, 3.63) is 23.8 Å². The van der Waals surface area contributed by atoms with Gasteiger partial charge in [0.25, 0.3) is 0 Å². The average molecular weight is 333 g/mol. The fraction of sp³-hybridized carbons (Fsp3) is 0.632. The number of fused-ring (bicyclic) bond motifs is 1. The zero-order chi connectivity index (χ0) is 16.9. The number of rotatable bonds is 5. The number of phenols is 1. The van der Waals surface area contributed by atoms with Crippen molar-refractivity contribution < 1.29 is 19.4 Å². The summed E-state index contributed by atoms with van der Waals surface area (Å²) in [5.74, 6) is 0.419. The molecule has 3 rings (SSSR count). The van der Waals surface area contributed by atoms with Gasteiger partial charge in [-0.05, 0) is 50.2 Å². The number of amides is 1. The second kappa shape index (κ2) is 7.99. The van der Waals surface area contributed by atoms with Gasteiger partial charge in [-0.15, -0.1) is 0 Å². The van der Waals surface area contributed by atoms with Crippen LogP contribution in [0.1, 0.15) is 37.7 Å². The Labute approximate surface area is 143 Å². The summed E-state index contributed by atoms with van der Waals surface area (Å²) in [5.41, 5.74) is 1.80. The fourth-order valence-corrected chi connectivity index (χ4v) is 3.85. The van der Waals surface area contributed by atoms with E-state index in [2.05, 4.69) is 0 Å². The molecular formula is C19H27NO4. The molecule has 1 fully saturated rings. The lowest BCUT2D eigenvalue weighted by Crippen LogP contribution is -2.41. The standard InChI is InChI=1S/C19H27NO4/c1-23-12-13-24-16-9-7-15(8-10-16)19(22)20-11-3-5-14-4-2-6-17(21)18(14)20/h2,4,6,15-16,21H,3,5,7-13H2,1H3. The first-order valence-electron chi connectivity index (χ1n) is 8.93. The summed E-state index contributed by atoms with van der Waals surface area (Å²) in [6.07, 6.45) is 5.67. The van der Waals surface area contributed by atoms with E-state index < -0.39 is 0 Å². The van der Waals surface area contributed by atoms with E-state index in [9.17, 15) is 9.90 Å². The molecule has 5 heteroatoms. The minimum atomic E-state index is 0.0397. The van der Waals surface area contributed by atoms with Crippen LogP contribution in [0.15, 0.2) is 18.2 Å². The monoisotopic (exact) mass is 333 g/mol. The second-order valence-electron chi connectivity index (χ2n) is 6.72. The van der Waals surface area contributed by atoms with Crippen molar-refractivity contribution in [3.8, 4) is 5.75 Å². The minimum absolute atomic E-state index is 0.0397. The lowest BCUT2D eigenvalue weighted by Gasteiger charge is -2.35. The van der Waals surface area contributed by atoms with Gasteiger partial charge in [0.05, 0.1) is 25.0 Å². The van der Waals surface area contributed by atoms with Gasteiger partial charge in [-0.2, -0.15) is 0 Å². The molecule has 1 amide bonds. The van der Waals surface area contributed by atoms with Gasteiger partial charge in [-0.25, -0.2) is 0 Å². The van der Waals surface area contributed by atoms with Gasteiger partial charge in [-0.1, -0.05) is 12.1 Å². The summed E-state index contributed by atoms with van der Waals surface area (Å²) in [4.78, 5) is 14.8. The predicted octanol–water partition coefficient (Wildman–Crippen LogP) is 2.89. The van der Waals surface area contributed by atoms with E-state index in [1.807, 2.05) is 17.0 Å². The van der Waals surface area contributed by atoms with Crippen LogP contribution in [0, 0.1) is 5.92 Å².